The normalized spacial score (nSPS) is 16.1. The molecule has 19 heteroatoms. The Morgan fingerprint density at radius 3 is 1.71 bits per heavy atom. The van der Waals surface area contributed by atoms with Gasteiger partial charge in [-0.25, -0.2) is 4.39 Å². The number of H-pyrrole nitrogens is 1. The van der Waals surface area contributed by atoms with Crippen LogP contribution in [0.5, 0.6) is 5.88 Å². The molecule has 11 nitrogen and oxygen atoms in total. The van der Waals surface area contributed by atoms with Gasteiger partial charge in [-0.3, -0.25) is 14.3 Å². The fraction of sp³-hybridized carbons (Fsp3) is 0.500. The van der Waals surface area contributed by atoms with Gasteiger partial charge in [-0.05, 0) is 33.7 Å². The maximum atomic E-state index is 13.0. The van der Waals surface area contributed by atoms with Crippen molar-refractivity contribution in [3.05, 3.63) is 32.3 Å². The number of aromatic amines is 1. The molecule has 2 saturated heterocycles. The van der Waals surface area contributed by atoms with Gasteiger partial charge >= 0.3 is 5.20 Å². The first kappa shape index (κ1) is 30.0. The van der Waals surface area contributed by atoms with Crippen molar-refractivity contribution in [3.8, 4) is 5.88 Å². The predicted octanol–water partition coefficient (Wildman–Crippen LogP) is 4.02. The number of morpholine rings is 2. The maximum absolute atomic E-state index is 13.0. The SMILES string of the molecule is Fc1c(Cl)nc(N2CCOCC2)nc1Cl.O=P(Cl)(Cl)Cl.O=c1[nH]c(N2CCOCC2)nc(O)c1F. The van der Waals surface area contributed by atoms with Crippen LogP contribution in [0.2, 0.25) is 10.3 Å². The Hall–Kier alpha value is -1.18. The van der Waals surface area contributed by atoms with Crippen molar-refractivity contribution in [2.24, 2.45) is 0 Å². The number of hydrogen-bond acceptors (Lipinski definition) is 10. The summed E-state index contributed by atoms with van der Waals surface area (Å²) in [5.41, 5.74) is -0.969. The Kier molecular flexibility index (Phi) is 12.0. The average Bonchev–Trinajstić information content (AvgIpc) is 2.81. The molecule has 0 aromatic carbocycles. The summed E-state index contributed by atoms with van der Waals surface area (Å²) in [5.74, 6) is -2.40. The van der Waals surface area contributed by atoms with Crippen molar-refractivity contribution >= 4 is 74.0 Å². The molecule has 2 aromatic heterocycles. The number of nitrogens with one attached hydrogen (secondary N) is 1. The topological polar surface area (TPSA) is 134 Å². The molecule has 2 aromatic rings. The monoisotopic (exact) mass is 618 g/mol. The van der Waals surface area contributed by atoms with Crippen molar-refractivity contribution < 1.29 is 27.9 Å². The van der Waals surface area contributed by atoms with Crippen molar-refractivity contribution in [3.63, 3.8) is 0 Å². The lowest BCUT2D eigenvalue weighted by molar-refractivity contribution is 0.122. The molecule has 4 rings (SSSR count). The third-order valence-electron chi connectivity index (χ3n) is 4.20. The van der Waals surface area contributed by atoms with Gasteiger partial charge in [0.25, 0.3) is 11.4 Å². The van der Waals surface area contributed by atoms with Gasteiger partial charge < -0.3 is 24.4 Å². The Morgan fingerprint density at radius 1 is 0.857 bits per heavy atom. The lowest BCUT2D eigenvalue weighted by atomic mass is 10.4. The van der Waals surface area contributed by atoms with Crippen LogP contribution in [-0.2, 0) is 14.0 Å². The second-order valence-electron chi connectivity index (χ2n) is 6.54. The highest BCUT2D eigenvalue weighted by Crippen LogP contribution is 2.61. The van der Waals surface area contributed by atoms with E-state index in [9.17, 15) is 18.1 Å². The zero-order valence-corrected chi connectivity index (χ0v) is 22.2. The summed E-state index contributed by atoms with van der Waals surface area (Å²) in [5, 5.41) is 5.32. The summed E-state index contributed by atoms with van der Waals surface area (Å²) in [4.78, 5) is 28.0. The fourth-order valence-corrected chi connectivity index (χ4v) is 3.03. The number of rotatable bonds is 2. The Labute approximate surface area is 222 Å². The van der Waals surface area contributed by atoms with E-state index in [0.29, 0.717) is 58.6 Å². The molecule has 0 radical (unpaired) electrons. The molecule has 0 bridgehead atoms. The first-order chi connectivity index (χ1) is 16.4. The molecule has 2 fully saturated rings. The molecular formula is C16H18Cl5F2N6O5P. The summed E-state index contributed by atoms with van der Waals surface area (Å²) in [6.07, 6.45) is 0. The summed E-state index contributed by atoms with van der Waals surface area (Å²) >= 11 is 25.0. The molecule has 2 aliphatic rings. The van der Waals surface area contributed by atoms with Gasteiger partial charge in [0.05, 0.1) is 26.4 Å². The molecule has 0 aliphatic carbocycles. The van der Waals surface area contributed by atoms with Crippen molar-refractivity contribution in [1.29, 1.82) is 0 Å². The quantitative estimate of drug-likeness (QED) is 0.375. The Morgan fingerprint density at radius 2 is 1.29 bits per heavy atom. The van der Waals surface area contributed by atoms with Gasteiger partial charge in [-0.15, -0.1) is 0 Å². The average molecular weight is 621 g/mol. The minimum Gasteiger partial charge on any atom is -0.491 e. The van der Waals surface area contributed by atoms with Crippen molar-refractivity contribution in [2.75, 3.05) is 62.4 Å². The van der Waals surface area contributed by atoms with Gasteiger partial charge in [0, 0.05) is 26.2 Å². The van der Waals surface area contributed by atoms with E-state index >= 15 is 0 Å². The van der Waals surface area contributed by atoms with Gasteiger partial charge in [-0.2, -0.15) is 19.3 Å². The number of hydrogen-bond donors (Lipinski definition) is 2. The molecular weight excluding hydrogens is 602 g/mol. The van der Waals surface area contributed by atoms with E-state index in [1.165, 1.54) is 0 Å². The van der Waals surface area contributed by atoms with Crippen molar-refractivity contribution in [1.82, 2.24) is 19.9 Å². The summed E-state index contributed by atoms with van der Waals surface area (Å²) < 4.78 is 45.6. The van der Waals surface area contributed by atoms with Crippen LogP contribution in [0, 0.1) is 11.6 Å². The highest BCUT2D eigenvalue weighted by atomic mass is 36.0. The molecule has 2 aliphatic heterocycles. The second-order valence-corrected chi connectivity index (χ2v) is 13.9. The van der Waals surface area contributed by atoms with Gasteiger partial charge in [0.15, 0.2) is 16.1 Å². The molecule has 35 heavy (non-hydrogen) atoms. The first-order valence-electron chi connectivity index (χ1n) is 9.58. The van der Waals surface area contributed by atoms with Crippen LogP contribution >= 0.6 is 62.1 Å². The van der Waals surface area contributed by atoms with Crippen LogP contribution in [0.15, 0.2) is 4.79 Å². The molecule has 0 atom stereocenters. The maximum Gasteiger partial charge on any atom is 0.339 e. The summed E-state index contributed by atoms with van der Waals surface area (Å²) in [6, 6.07) is 0. The third-order valence-corrected chi connectivity index (χ3v) is 4.70. The molecule has 4 heterocycles. The second kappa shape index (κ2) is 13.9. The number of halogens is 7. The van der Waals surface area contributed by atoms with E-state index in [-0.39, 0.29) is 16.3 Å². The highest BCUT2D eigenvalue weighted by molar-refractivity contribution is 8.24. The first-order valence-corrected chi connectivity index (χ1v) is 14.8. The number of aromatic hydroxyl groups is 1. The number of ether oxygens (including phenoxy) is 2. The molecule has 0 amide bonds. The van der Waals surface area contributed by atoms with E-state index in [0.717, 1.165) is 0 Å². The van der Waals surface area contributed by atoms with Gasteiger partial charge in [0.1, 0.15) is 0 Å². The van der Waals surface area contributed by atoms with E-state index in [1.807, 2.05) is 4.90 Å². The number of anilines is 2. The number of nitrogens with zero attached hydrogens (tertiary/aromatic N) is 5. The fourth-order valence-electron chi connectivity index (χ4n) is 2.65. The largest absolute Gasteiger partial charge is 0.491 e. The van der Waals surface area contributed by atoms with E-state index in [1.54, 1.807) is 4.90 Å². The van der Waals surface area contributed by atoms with Crippen LogP contribution in [-0.4, -0.2) is 77.6 Å². The third kappa shape index (κ3) is 10.4. The van der Waals surface area contributed by atoms with Gasteiger partial charge in [0.2, 0.25) is 17.7 Å². The van der Waals surface area contributed by atoms with Gasteiger partial charge in [-0.1, -0.05) is 23.2 Å². The van der Waals surface area contributed by atoms with Crippen LogP contribution in [0.3, 0.4) is 0 Å². The number of aromatic nitrogens is 4. The lowest BCUT2D eigenvalue weighted by Crippen LogP contribution is -2.38. The van der Waals surface area contributed by atoms with Crippen LogP contribution < -0.4 is 15.4 Å². The molecule has 196 valence electrons. The smallest absolute Gasteiger partial charge is 0.339 e. The lowest BCUT2D eigenvalue weighted by Gasteiger charge is -2.26. The highest BCUT2D eigenvalue weighted by Gasteiger charge is 2.18. The molecule has 2 N–H and O–H groups in total. The predicted molar refractivity (Wildman–Crippen MR) is 130 cm³/mol. The summed E-state index contributed by atoms with van der Waals surface area (Å²) in [6.45, 7) is 4.62. The molecule has 0 spiro atoms. The molecule has 0 unspecified atom stereocenters. The Bertz CT molecular complexity index is 1070. The van der Waals surface area contributed by atoms with Crippen LogP contribution in [0.1, 0.15) is 0 Å². The Balaban J connectivity index is 0.000000208. The zero-order chi connectivity index (χ0) is 26.2. The van der Waals surface area contributed by atoms with E-state index in [2.05, 4.69) is 53.7 Å². The minimum absolute atomic E-state index is 0.169. The summed E-state index contributed by atoms with van der Waals surface area (Å²) in [7, 11) is 0. The molecule has 0 saturated carbocycles. The van der Waals surface area contributed by atoms with E-state index in [4.69, 9.17) is 37.8 Å². The van der Waals surface area contributed by atoms with Crippen molar-refractivity contribution in [2.45, 2.75) is 0 Å². The minimum atomic E-state index is -3.22. The van der Waals surface area contributed by atoms with Crippen LogP contribution in [0.25, 0.3) is 0 Å². The van der Waals surface area contributed by atoms with E-state index < -0.39 is 28.3 Å². The van der Waals surface area contributed by atoms with Crippen LogP contribution in [0.4, 0.5) is 20.7 Å². The zero-order valence-electron chi connectivity index (χ0n) is 17.6. The standard InChI is InChI=1S/C8H8Cl2FN3O.C8H10FN3O3.Cl3OP/c9-6-5(11)7(10)13-8(12-6)14-1-3-15-4-2-14;9-5-6(13)10-8(11-7(5)14)12-1-3-15-4-2-12;1-5(2,3)4/h1-4H2;1-4H2,(H2,10,11,13,14);.